The van der Waals surface area contributed by atoms with E-state index < -0.39 is 6.29 Å². The van der Waals surface area contributed by atoms with Crippen molar-refractivity contribution in [3.8, 4) is 0 Å². The molecule has 2 aliphatic heterocycles. The van der Waals surface area contributed by atoms with Crippen LogP contribution in [0.25, 0.3) is 0 Å². The van der Waals surface area contributed by atoms with Gasteiger partial charge >= 0.3 is 0 Å². The van der Waals surface area contributed by atoms with E-state index in [2.05, 4.69) is 0 Å². The zero-order chi connectivity index (χ0) is 19.2. The van der Waals surface area contributed by atoms with Crippen molar-refractivity contribution >= 4 is 17.5 Å². The lowest BCUT2D eigenvalue weighted by atomic mass is 9.80. The van der Waals surface area contributed by atoms with E-state index in [9.17, 15) is 9.90 Å². The van der Waals surface area contributed by atoms with Crippen LogP contribution >= 0.6 is 11.6 Å². The number of aliphatic hydroxyl groups excluding tert-OH is 1. The average molecular weight is 394 g/mol. The number of rotatable bonds is 7. The Morgan fingerprint density at radius 2 is 2.00 bits per heavy atom. The number of nitrogens with zero attached hydrogens (tertiary/aromatic N) is 1. The van der Waals surface area contributed by atoms with Gasteiger partial charge in [0.1, 0.15) is 0 Å². The summed E-state index contributed by atoms with van der Waals surface area (Å²) in [5.41, 5.74) is 1.07. The number of carbonyl (C=O) groups excluding carboxylic acids is 1. The molecular formula is C21H28ClNO4. The molecule has 0 unspecified atom stereocenters. The molecular weight excluding hydrogens is 366 g/mol. The summed E-state index contributed by atoms with van der Waals surface area (Å²) in [7, 11) is 0. The fourth-order valence-corrected chi connectivity index (χ4v) is 4.02. The number of benzene rings is 1. The first-order valence-electron chi connectivity index (χ1n) is 9.79. The highest BCUT2D eigenvalue weighted by Crippen LogP contribution is 2.40. The molecule has 3 atom stereocenters. The molecule has 2 heterocycles. The molecule has 0 spiro atoms. The fourth-order valence-electron chi connectivity index (χ4n) is 3.90. The normalized spacial score (nSPS) is 25.2. The second-order valence-corrected chi connectivity index (χ2v) is 7.52. The minimum atomic E-state index is -0.506. The number of aliphatic hydroxyl groups is 1. The van der Waals surface area contributed by atoms with Crippen LogP contribution < -0.4 is 0 Å². The predicted octanol–water partition coefficient (Wildman–Crippen LogP) is 3.71. The van der Waals surface area contributed by atoms with Gasteiger partial charge in [-0.05, 0) is 56.4 Å². The lowest BCUT2D eigenvalue weighted by molar-refractivity contribution is -0.170. The van der Waals surface area contributed by atoms with Crippen molar-refractivity contribution in [3.05, 3.63) is 46.7 Å². The van der Waals surface area contributed by atoms with Gasteiger partial charge in [0, 0.05) is 43.2 Å². The van der Waals surface area contributed by atoms with Crippen LogP contribution in [0.1, 0.15) is 44.1 Å². The highest BCUT2D eigenvalue weighted by atomic mass is 35.5. The van der Waals surface area contributed by atoms with Gasteiger partial charge in [-0.3, -0.25) is 4.79 Å². The Hall–Kier alpha value is -1.56. The average Bonchev–Trinajstić information content (AvgIpc) is 3.21. The van der Waals surface area contributed by atoms with Crippen LogP contribution in [0.4, 0.5) is 0 Å². The zero-order valence-corrected chi connectivity index (χ0v) is 16.5. The molecule has 0 saturated carbocycles. The summed E-state index contributed by atoms with van der Waals surface area (Å²) >= 11 is 6.06. The van der Waals surface area contributed by atoms with Crippen LogP contribution in [0.5, 0.6) is 0 Å². The van der Waals surface area contributed by atoms with Crippen LogP contribution in [-0.2, 0) is 14.3 Å². The molecule has 0 radical (unpaired) electrons. The quantitative estimate of drug-likeness (QED) is 0.767. The third kappa shape index (κ3) is 4.84. The second kappa shape index (κ2) is 9.58. The maximum Gasteiger partial charge on any atom is 0.288 e. The van der Waals surface area contributed by atoms with Gasteiger partial charge in [0.15, 0.2) is 5.76 Å². The summed E-state index contributed by atoms with van der Waals surface area (Å²) < 4.78 is 11.9. The molecule has 1 aromatic carbocycles. The number of halogens is 1. The van der Waals surface area contributed by atoms with E-state index in [0.717, 1.165) is 37.9 Å². The van der Waals surface area contributed by atoms with E-state index in [4.69, 9.17) is 21.1 Å². The van der Waals surface area contributed by atoms with Crippen LogP contribution in [0, 0.1) is 5.92 Å². The Balaban J connectivity index is 1.93. The first kappa shape index (κ1) is 20.2. The molecule has 2 aliphatic rings. The lowest BCUT2D eigenvalue weighted by Crippen LogP contribution is -2.39. The van der Waals surface area contributed by atoms with E-state index in [-0.39, 0.29) is 24.3 Å². The first-order chi connectivity index (χ1) is 13.1. The number of ether oxygens (including phenoxy) is 2. The molecule has 148 valence electrons. The monoisotopic (exact) mass is 393 g/mol. The first-order valence-corrected chi connectivity index (χ1v) is 10.2. The topological polar surface area (TPSA) is 59.0 Å². The van der Waals surface area contributed by atoms with Gasteiger partial charge < -0.3 is 19.5 Å². The second-order valence-electron chi connectivity index (χ2n) is 7.08. The molecule has 1 aromatic rings. The SMILES string of the molecule is CCO[C@H]1OC(C(=O)N2CCCC2)=C[C@@H](c2ccc(Cl)cc2)[C@H]1CCCO. The predicted molar refractivity (Wildman–Crippen MR) is 104 cm³/mol. The third-order valence-electron chi connectivity index (χ3n) is 5.27. The number of allylic oxidation sites excluding steroid dienone is 1. The largest absolute Gasteiger partial charge is 0.459 e. The Morgan fingerprint density at radius 1 is 1.30 bits per heavy atom. The lowest BCUT2D eigenvalue weighted by Gasteiger charge is -2.37. The minimum absolute atomic E-state index is 0.0217. The highest BCUT2D eigenvalue weighted by Gasteiger charge is 2.39. The summed E-state index contributed by atoms with van der Waals surface area (Å²) in [4.78, 5) is 14.8. The summed E-state index contributed by atoms with van der Waals surface area (Å²) in [5.74, 6) is 0.307. The maximum atomic E-state index is 12.9. The zero-order valence-electron chi connectivity index (χ0n) is 15.8. The summed E-state index contributed by atoms with van der Waals surface area (Å²) in [6.45, 7) is 4.09. The molecule has 0 aromatic heterocycles. The Kier molecular flexibility index (Phi) is 7.16. The summed E-state index contributed by atoms with van der Waals surface area (Å²) in [6.07, 6.45) is 4.90. The minimum Gasteiger partial charge on any atom is -0.459 e. The van der Waals surface area contributed by atoms with Crippen LogP contribution in [0.15, 0.2) is 36.1 Å². The Morgan fingerprint density at radius 3 is 2.63 bits per heavy atom. The van der Waals surface area contributed by atoms with Gasteiger partial charge in [-0.25, -0.2) is 0 Å². The van der Waals surface area contributed by atoms with Crippen molar-refractivity contribution in [2.45, 2.75) is 44.8 Å². The van der Waals surface area contributed by atoms with Gasteiger partial charge in [-0.15, -0.1) is 0 Å². The molecule has 1 fully saturated rings. The number of amides is 1. The number of hydrogen-bond donors (Lipinski definition) is 1. The summed E-state index contributed by atoms with van der Waals surface area (Å²) in [5, 5.41) is 9.99. The number of likely N-dealkylation sites (tertiary alicyclic amines) is 1. The molecule has 0 bridgehead atoms. The van der Waals surface area contributed by atoms with Gasteiger partial charge in [-0.2, -0.15) is 0 Å². The Bertz CT molecular complexity index is 655. The van der Waals surface area contributed by atoms with Gasteiger partial charge in [0.2, 0.25) is 6.29 Å². The van der Waals surface area contributed by atoms with Crippen molar-refractivity contribution < 1.29 is 19.4 Å². The smallest absolute Gasteiger partial charge is 0.288 e. The molecule has 0 aliphatic carbocycles. The summed E-state index contributed by atoms with van der Waals surface area (Å²) in [6, 6.07) is 7.70. The molecule has 1 amide bonds. The van der Waals surface area contributed by atoms with E-state index in [1.807, 2.05) is 42.2 Å². The molecule has 27 heavy (non-hydrogen) atoms. The molecule has 1 N–H and O–H groups in total. The Labute approximate surface area is 165 Å². The van der Waals surface area contributed by atoms with E-state index >= 15 is 0 Å². The molecule has 1 saturated heterocycles. The van der Waals surface area contributed by atoms with Crippen molar-refractivity contribution in [3.63, 3.8) is 0 Å². The molecule has 6 heteroatoms. The van der Waals surface area contributed by atoms with Crippen molar-refractivity contribution in [2.75, 3.05) is 26.3 Å². The fraction of sp³-hybridized carbons (Fsp3) is 0.571. The van der Waals surface area contributed by atoms with E-state index in [1.165, 1.54) is 0 Å². The van der Waals surface area contributed by atoms with Crippen molar-refractivity contribution in [1.29, 1.82) is 0 Å². The van der Waals surface area contributed by atoms with Crippen LogP contribution in [-0.4, -0.2) is 48.5 Å². The van der Waals surface area contributed by atoms with Gasteiger partial charge in [-0.1, -0.05) is 23.7 Å². The third-order valence-corrected chi connectivity index (χ3v) is 5.52. The van der Waals surface area contributed by atoms with Crippen LogP contribution in [0.2, 0.25) is 5.02 Å². The number of hydrogen-bond acceptors (Lipinski definition) is 4. The number of carbonyl (C=O) groups is 1. The van der Waals surface area contributed by atoms with Gasteiger partial charge in [0.25, 0.3) is 5.91 Å². The van der Waals surface area contributed by atoms with Crippen molar-refractivity contribution in [1.82, 2.24) is 4.90 Å². The van der Waals surface area contributed by atoms with Gasteiger partial charge in [0.05, 0.1) is 0 Å². The van der Waals surface area contributed by atoms with E-state index in [0.29, 0.717) is 23.8 Å². The van der Waals surface area contributed by atoms with Crippen LogP contribution in [0.3, 0.4) is 0 Å². The van der Waals surface area contributed by atoms with Crippen molar-refractivity contribution in [2.24, 2.45) is 5.92 Å². The standard InChI is InChI=1S/C21H28ClNO4/c1-2-26-21-17(6-5-13-24)18(15-7-9-16(22)10-8-15)14-19(27-21)20(25)23-11-3-4-12-23/h7-10,14,17-18,21,24H,2-6,11-13H2,1H3/t17-,18+,21+/m1/s1. The molecule has 3 rings (SSSR count). The molecule has 5 nitrogen and oxygen atoms in total. The van der Waals surface area contributed by atoms with E-state index in [1.54, 1.807) is 0 Å². The maximum absolute atomic E-state index is 12.9. The highest BCUT2D eigenvalue weighted by molar-refractivity contribution is 6.30.